The molecule has 0 aliphatic heterocycles. The standard InChI is InChI=1S/C59H113NO5/c1-3-5-7-9-11-13-15-16-17-18-19-20-21-22-23-24-25-26-28-32-35-39-43-47-51-57(62)56(55-61)60-58(63)52-48-44-40-36-33-29-27-30-34-38-42-46-50-54-65-59(64)53-49-45-41-37-31-14-12-10-8-6-4-2/h29,33,47,51,56-57,61-62H,3-28,30-32,34-46,48-50,52-55H2,1-2H3,(H,60,63)/b33-29-,51-47+. The Morgan fingerprint density at radius 3 is 1.11 bits per heavy atom. The van der Waals surface area contributed by atoms with Gasteiger partial charge in [0.15, 0.2) is 0 Å². The SMILES string of the molecule is CCCCCCCCCCCCCCCCCCCCCCCC/C=C/C(O)C(CO)NC(=O)CCCCC/C=C\CCCCCCCCOC(=O)CCCCCCCCCCCCC. The van der Waals surface area contributed by atoms with Crippen LogP contribution >= 0.6 is 0 Å². The smallest absolute Gasteiger partial charge is 0.305 e. The van der Waals surface area contributed by atoms with Crippen molar-refractivity contribution in [2.75, 3.05) is 13.2 Å². The molecule has 0 aromatic carbocycles. The van der Waals surface area contributed by atoms with E-state index >= 15 is 0 Å². The molecule has 0 bridgehead atoms. The van der Waals surface area contributed by atoms with Gasteiger partial charge in [0.2, 0.25) is 5.91 Å². The van der Waals surface area contributed by atoms with Crippen LogP contribution in [0.3, 0.4) is 0 Å². The van der Waals surface area contributed by atoms with Gasteiger partial charge in [-0.3, -0.25) is 9.59 Å². The number of aliphatic hydroxyl groups excluding tert-OH is 2. The van der Waals surface area contributed by atoms with Gasteiger partial charge in [0, 0.05) is 12.8 Å². The number of allylic oxidation sites excluding steroid dienone is 3. The summed E-state index contributed by atoms with van der Waals surface area (Å²) in [5, 5.41) is 23.2. The molecule has 0 fully saturated rings. The number of hydrogen-bond donors (Lipinski definition) is 3. The zero-order valence-corrected chi connectivity index (χ0v) is 43.7. The van der Waals surface area contributed by atoms with Crippen molar-refractivity contribution in [2.45, 2.75) is 328 Å². The van der Waals surface area contributed by atoms with Crippen molar-refractivity contribution in [3.8, 4) is 0 Å². The lowest BCUT2D eigenvalue weighted by molar-refractivity contribution is -0.143. The summed E-state index contributed by atoms with van der Waals surface area (Å²) in [7, 11) is 0. The number of esters is 1. The molecule has 0 heterocycles. The summed E-state index contributed by atoms with van der Waals surface area (Å²) in [6.45, 7) is 4.87. The molecule has 0 radical (unpaired) electrons. The second-order valence-electron chi connectivity index (χ2n) is 20.0. The van der Waals surface area contributed by atoms with Crippen molar-refractivity contribution >= 4 is 11.9 Å². The highest BCUT2D eigenvalue weighted by molar-refractivity contribution is 5.76. The van der Waals surface area contributed by atoms with Crippen LogP contribution < -0.4 is 5.32 Å². The highest BCUT2D eigenvalue weighted by Crippen LogP contribution is 2.17. The van der Waals surface area contributed by atoms with Crippen molar-refractivity contribution in [3.05, 3.63) is 24.3 Å². The fraction of sp³-hybridized carbons (Fsp3) is 0.898. The zero-order valence-electron chi connectivity index (χ0n) is 43.7. The van der Waals surface area contributed by atoms with E-state index in [1.54, 1.807) is 6.08 Å². The first-order chi connectivity index (χ1) is 32.0. The molecule has 3 N–H and O–H groups in total. The monoisotopic (exact) mass is 916 g/mol. The molecule has 0 aromatic heterocycles. The number of amides is 1. The summed E-state index contributed by atoms with van der Waals surface area (Å²) in [6, 6.07) is -0.648. The van der Waals surface area contributed by atoms with E-state index in [9.17, 15) is 19.8 Å². The summed E-state index contributed by atoms with van der Waals surface area (Å²) in [5.74, 6) is -0.109. The van der Waals surface area contributed by atoms with Crippen molar-refractivity contribution in [3.63, 3.8) is 0 Å². The topological polar surface area (TPSA) is 95.9 Å². The number of ether oxygens (including phenoxy) is 1. The second kappa shape index (κ2) is 54.9. The molecule has 0 aliphatic carbocycles. The van der Waals surface area contributed by atoms with Gasteiger partial charge in [0.1, 0.15) is 0 Å². The molecule has 0 spiro atoms. The van der Waals surface area contributed by atoms with Gasteiger partial charge in [0.05, 0.1) is 25.4 Å². The molecular formula is C59H113NO5. The molecular weight excluding hydrogens is 803 g/mol. The Hall–Kier alpha value is -1.66. The van der Waals surface area contributed by atoms with Gasteiger partial charge >= 0.3 is 5.97 Å². The molecule has 0 saturated carbocycles. The van der Waals surface area contributed by atoms with Crippen LogP contribution in [0.15, 0.2) is 24.3 Å². The fourth-order valence-corrected chi connectivity index (χ4v) is 8.98. The van der Waals surface area contributed by atoms with Crippen molar-refractivity contribution in [1.82, 2.24) is 5.32 Å². The van der Waals surface area contributed by atoms with Crippen LogP contribution in [0.2, 0.25) is 0 Å². The van der Waals surface area contributed by atoms with Crippen LogP contribution in [0, 0.1) is 0 Å². The number of rotatable bonds is 54. The van der Waals surface area contributed by atoms with Crippen molar-refractivity contribution in [1.29, 1.82) is 0 Å². The first-order valence-electron chi connectivity index (χ1n) is 29.1. The maximum absolute atomic E-state index is 12.5. The van der Waals surface area contributed by atoms with E-state index in [1.807, 2.05) is 6.08 Å². The average molecular weight is 917 g/mol. The van der Waals surface area contributed by atoms with E-state index in [0.717, 1.165) is 70.6 Å². The lowest BCUT2D eigenvalue weighted by atomic mass is 10.0. The maximum atomic E-state index is 12.5. The quantitative estimate of drug-likeness (QED) is 0.0321. The highest BCUT2D eigenvalue weighted by atomic mass is 16.5. The lowest BCUT2D eigenvalue weighted by Gasteiger charge is -2.19. The van der Waals surface area contributed by atoms with Crippen molar-refractivity contribution < 1.29 is 24.5 Å². The van der Waals surface area contributed by atoms with Crippen LogP contribution in [-0.4, -0.2) is 47.4 Å². The van der Waals surface area contributed by atoms with Gasteiger partial charge < -0.3 is 20.3 Å². The summed E-state index contributed by atoms with van der Waals surface area (Å²) in [4.78, 5) is 24.5. The molecule has 0 aliphatic rings. The maximum Gasteiger partial charge on any atom is 0.305 e. The number of hydrogen-bond acceptors (Lipinski definition) is 5. The summed E-state index contributed by atoms with van der Waals surface area (Å²) >= 11 is 0. The van der Waals surface area contributed by atoms with E-state index < -0.39 is 12.1 Å². The minimum absolute atomic E-state index is 0.0138. The minimum Gasteiger partial charge on any atom is -0.466 e. The second-order valence-corrected chi connectivity index (χ2v) is 20.0. The third-order valence-electron chi connectivity index (χ3n) is 13.5. The Morgan fingerprint density at radius 2 is 0.723 bits per heavy atom. The number of aliphatic hydroxyl groups is 2. The Kier molecular flexibility index (Phi) is 53.5. The average Bonchev–Trinajstić information content (AvgIpc) is 3.31. The molecule has 1 amide bonds. The number of carbonyl (C=O) groups excluding carboxylic acids is 2. The van der Waals surface area contributed by atoms with E-state index in [2.05, 4.69) is 31.3 Å². The Morgan fingerprint density at radius 1 is 0.415 bits per heavy atom. The Bertz CT molecular complexity index is 1010. The number of unbranched alkanes of at least 4 members (excludes halogenated alkanes) is 41. The van der Waals surface area contributed by atoms with Gasteiger partial charge in [-0.05, 0) is 57.8 Å². The van der Waals surface area contributed by atoms with Crippen molar-refractivity contribution in [2.24, 2.45) is 0 Å². The van der Waals surface area contributed by atoms with Gasteiger partial charge in [-0.2, -0.15) is 0 Å². The number of carbonyl (C=O) groups is 2. The van der Waals surface area contributed by atoms with E-state index in [4.69, 9.17) is 4.74 Å². The predicted molar refractivity (Wildman–Crippen MR) is 283 cm³/mol. The first-order valence-corrected chi connectivity index (χ1v) is 29.1. The molecule has 0 saturated heterocycles. The van der Waals surface area contributed by atoms with Crippen LogP contribution in [0.25, 0.3) is 0 Å². The van der Waals surface area contributed by atoms with Gasteiger partial charge in [-0.25, -0.2) is 0 Å². The molecule has 2 unspecified atom stereocenters. The fourth-order valence-electron chi connectivity index (χ4n) is 8.98. The normalized spacial score (nSPS) is 12.7. The summed E-state index contributed by atoms with van der Waals surface area (Å²) in [5.41, 5.74) is 0. The summed E-state index contributed by atoms with van der Waals surface area (Å²) in [6.07, 6.45) is 66.3. The molecule has 0 rings (SSSR count). The Balaban J connectivity index is 3.52. The molecule has 65 heavy (non-hydrogen) atoms. The first kappa shape index (κ1) is 63.3. The van der Waals surface area contributed by atoms with Gasteiger partial charge in [0.25, 0.3) is 0 Å². The number of nitrogens with one attached hydrogen (secondary N) is 1. The Labute approximate surface area is 405 Å². The van der Waals surface area contributed by atoms with Crippen LogP contribution in [0.5, 0.6) is 0 Å². The third-order valence-corrected chi connectivity index (χ3v) is 13.5. The highest BCUT2D eigenvalue weighted by Gasteiger charge is 2.18. The van der Waals surface area contributed by atoms with E-state index in [0.29, 0.717) is 19.4 Å². The molecule has 0 aromatic rings. The molecule has 2 atom stereocenters. The zero-order chi connectivity index (χ0) is 47.2. The largest absolute Gasteiger partial charge is 0.466 e. The summed E-state index contributed by atoms with van der Waals surface area (Å²) < 4.78 is 5.44. The van der Waals surface area contributed by atoms with Crippen LogP contribution in [0.4, 0.5) is 0 Å². The van der Waals surface area contributed by atoms with Crippen LogP contribution in [0.1, 0.15) is 316 Å². The minimum atomic E-state index is -0.862. The molecule has 6 nitrogen and oxygen atoms in total. The molecule has 6 heteroatoms. The van der Waals surface area contributed by atoms with Crippen LogP contribution in [-0.2, 0) is 14.3 Å². The molecule has 384 valence electrons. The van der Waals surface area contributed by atoms with Gasteiger partial charge in [-0.1, -0.05) is 269 Å². The third kappa shape index (κ3) is 51.6. The van der Waals surface area contributed by atoms with Gasteiger partial charge in [-0.15, -0.1) is 0 Å². The van der Waals surface area contributed by atoms with E-state index in [1.165, 1.54) is 218 Å². The predicted octanol–water partition coefficient (Wildman–Crippen LogP) is 17.9. The van der Waals surface area contributed by atoms with E-state index in [-0.39, 0.29) is 18.5 Å². The lowest BCUT2D eigenvalue weighted by Crippen LogP contribution is -2.45.